The minimum Gasteiger partial charge on any atom is -0.389 e. The van der Waals surface area contributed by atoms with Crippen LogP contribution < -0.4 is 11.1 Å². The van der Waals surface area contributed by atoms with E-state index in [1.807, 2.05) is 6.07 Å². The number of hydrogen-bond acceptors (Lipinski definition) is 2. The smallest absolute Gasteiger partial charge is 0.135 e. The lowest BCUT2D eigenvalue weighted by Gasteiger charge is -2.18. The predicted molar refractivity (Wildman–Crippen MR) is 77.3 cm³/mol. The van der Waals surface area contributed by atoms with Crippen molar-refractivity contribution < 1.29 is 4.39 Å². The summed E-state index contributed by atoms with van der Waals surface area (Å²) in [6.45, 7) is 4.54. The van der Waals surface area contributed by atoms with Crippen LogP contribution in [-0.2, 0) is 0 Å². The van der Waals surface area contributed by atoms with Crippen LogP contribution in [0.2, 0.25) is 0 Å². The van der Waals surface area contributed by atoms with Gasteiger partial charge in [0.25, 0.3) is 0 Å². The van der Waals surface area contributed by atoms with Gasteiger partial charge >= 0.3 is 0 Å². The van der Waals surface area contributed by atoms with Crippen molar-refractivity contribution in [2.45, 2.75) is 39.2 Å². The molecule has 98 valence electrons. The fourth-order valence-electron chi connectivity index (χ4n) is 2.60. The van der Waals surface area contributed by atoms with E-state index >= 15 is 0 Å². The number of nitrogens with one attached hydrogen (secondary N) is 1. The molecule has 1 unspecified atom stereocenters. The largest absolute Gasteiger partial charge is 0.389 e. The van der Waals surface area contributed by atoms with Crippen molar-refractivity contribution in [2.24, 2.45) is 11.1 Å². The molecular weight excluding hydrogens is 247 g/mol. The standard InChI is InChI=1S/C14H19FN2S/c1-14(2)6-5-10(8-14)17-9-3-4-11(13(16)18)12(15)7-9/h3-4,7,10,17H,5-6,8H2,1-2H3,(H2,16,18). The second-order valence-corrected chi connectivity index (χ2v) is 6.25. The Bertz CT molecular complexity index is 471. The highest BCUT2D eigenvalue weighted by atomic mass is 32.1. The summed E-state index contributed by atoms with van der Waals surface area (Å²) < 4.78 is 13.7. The zero-order valence-electron chi connectivity index (χ0n) is 10.8. The Balaban J connectivity index is 2.07. The number of anilines is 1. The maximum Gasteiger partial charge on any atom is 0.135 e. The SMILES string of the molecule is CC1(C)CCC(Nc2ccc(C(N)=S)c(F)c2)C1. The fraction of sp³-hybridized carbons (Fsp3) is 0.500. The number of halogens is 1. The summed E-state index contributed by atoms with van der Waals surface area (Å²) in [5.41, 5.74) is 6.93. The summed E-state index contributed by atoms with van der Waals surface area (Å²) in [6.07, 6.45) is 3.45. The molecule has 0 bridgehead atoms. The minimum absolute atomic E-state index is 0.0982. The summed E-state index contributed by atoms with van der Waals surface area (Å²) in [4.78, 5) is 0.0982. The molecule has 0 radical (unpaired) electrons. The lowest BCUT2D eigenvalue weighted by molar-refractivity contribution is 0.378. The molecule has 0 amide bonds. The fourth-order valence-corrected chi connectivity index (χ4v) is 2.77. The first-order valence-electron chi connectivity index (χ1n) is 6.23. The third-order valence-electron chi connectivity index (χ3n) is 3.57. The molecular formula is C14H19FN2S. The Morgan fingerprint density at radius 1 is 1.50 bits per heavy atom. The van der Waals surface area contributed by atoms with E-state index in [9.17, 15) is 4.39 Å². The molecule has 1 atom stereocenters. The Hall–Kier alpha value is -1.16. The van der Waals surface area contributed by atoms with E-state index in [0.29, 0.717) is 17.0 Å². The predicted octanol–water partition coefficient (Wildman–Crippen LogP) is 3.45. The zero-order valence-corrected chi connectivity index (χ0v) is 11.6. The third kappa shape index (κ3) is 2.99. The van der Waals surface area contributed by atoms with Crippen molar-refractivity contribution in [3.05, 3.63) is 29.6 Å². The van der Waals surface area contributed by atoms with Gasteiger partial charge in [-0.3, -0.25) is 0 Å². The number of rotatable bonds is 3. The van der Waals surface area contributed by atoms with Crippen LogP contribution in [0.3, 0.4) is 0 Å². The van der Waals surface area contributed by atoms with Gasteiger partial charge in [0.1, 0.15) is 10.8 Å². The van der Waals surface area contributed by atoms with Gasteiger partial charge in [0, 0.05) is 17.3 Å². The number of thiocarbonyl (C=S) groups is 1. The Kier molecular flexibility index (Phi) is 3.57. The monoisotopic (exact) mass is 266 g/mol. The van der Waals surface area contributed by atoms with Gasteiger partial charge in [-0.05, 0) is 42.9 Å². The molecule has 0 spiro atoms. The molecule has 2 nitrogen and oxygen atoms in total. The van der Waals surface area contributed by atoms with Gasteiger partial charge in [0.2, 0.25) is 0 Å². The quantitative estimate of drug-likeness (QED) is 0.823. The molecule has 0 saturated heterocycles. The molecule has 1 fully saturated rings. The maximum absolute atomic E-state index is 13.7. The van der Waals surface area contributed by atoms with Crippen LogP contribution in [0.1, 0.15) is 38.7 Å². The molecule has 1 aliphatic rings. The molecule has 18 heavy (non-hydrogen) atoms. The second kappa shape index (κ2) is 4.84. The molecule has 1 aliphatic carbocycles. The highest BCUT2D eigenvalue weighted by Crippen LogP contribution is 2.38. The highest BCUT2D eigenvalue weighted by Gasteiger charge is 2.30. The summed E-state index contributed by atoms with van der Waals surface area (Å²) in [5, 5.41) is 3.38. The summed E-state index contributed by atoms with van der Waals surface area (Å²) in [5.74, 6) is -0.357. The molecule has 1 aromatic carbocycles. The molecule has 0 heterocycles. The van der Waals surface area contributed by atoms with Gasteiger partial charge in [0.15, 0.2) is 0 Å². The van der Waals surface area contributed by atoms with Crippen molar-refractivity contribution in [3.63, 3.8) is 0 Å². The molecule has 1 aromatic rings. The van der Waals surface area contributed by atoms with Crippen LogP contribution in [0.15, 0.2) is 18.2 Å². The van der Waals surface area contributed by atoms with Gasteiger partial charge < -0.3 is 11.1 Å². The number of nitrogens with two attached hydrogens (primary N) is 1. The molecule has 2 rings (SSSR count). The van der Waals surface area contributed by atoms with Gasteiger partial charge in [-0.1, -0.05) is 26.1 Å². The van der Waals surface area contributed by atoms with Crippen molar-refractivity contribution in [2.75, 3.05) is 5.32 Å². The molecule has 1 saturated carbocycles. The van der Waals surface area contributed by atoms with Crippen LogP contribution in [0.5, 0.6) is 0 Å². The lowest BCUT2D eigenvalue weighted by atomic mass is 9.92. The maximum atomic E-state index is 13.7. The summed E-state index contributed by atoms with van der Waals surface area (Å²) in [6, 6.07) is 5.37. The first-order valence-corrected chi connectivity index (χ1v) is 6.64. The van der Waals surface area contributed by atoms with Crippen molar-refractivity contribution in [1.82, 2.24) is 0 Å². The Morgan fingerprint density at radius 3 is 2.72 bits per heavy atom. The average molecular weight is 266 g/mol. The highest BCUT2D eigenvalue weighted by molar-refractivity contribution is 7.80. The Labute approximate surface area is 113 Å². The van der Waals surface area contributed by atoms with Gasteiger partial charge in [-0.15, -0.1) is 0 Å². The minimum atomic E-state index is -0.357. The van der Waals surface area contributed by atoms with Crippen LogP contribution in [0.25, 0.3) is 0 Å². The van der Waals surface area contributed by atoms with Gasteiger partial charge in [-0.2, -0.15) is 0 Å². The van der Waals surface area contributed by atoms with E-state index in [1.165, 1.54) is 12.5 Å². The Morgan fingerprint density at radius 2 is 2.22 bits per heavy atom. The first-order chi connectivity index (χ1) is 8.37. The first kappa shape index (κ1) is 13.3. The summed E-state index contributed by atoms with van der Waals surface area (Å²) in [7, 11) is 0. The number of hydrogen-bond donors (Lipinski definition) is 2. The lowest BCUT2D eigenvalue weighted by Crippen LogP contribution is -2.18. The molecule has 0 aliphatic heterocycles. The molecule has 4 heteroatoms. The van der Waals surface area contributed by atoms with E-state index in [0.717, 1.165) is 18.5 Å². The zero-order chi connectivity index (χ0) is 13.3. The van der Waals surface area contributed by atoms with E-state index in [-0.39, 0.29) is 10.8 Å². The van der Waals surface area contributed by atoms with E-state index in [1.54, 1.807) is 6.07 Å². The van der Waals surface area contributed by atoms with Crippen molar-refractivity contribution >= 4 is 22.9 Å². The number of benzene rings is 1. The summed E-state index contributed by atoms with van der Waals surface area (Å²) >= 11 is 4.78. The second-order valence-electron chi connectivity index (χ2n) is 5.81. The van der Waals surface area contributed by atoms with Crippen LogP contribution >= 0.6 is 12.2 Å². The van der Waals surface area contributed by atoms with E-state index in [2.05, 4.69) is 19.2 Å². The topological polar surface area (TPSA) is 38.0 Å². The van der Waals surface area contributed by atoms with Gasteiger partial charge in [-0.25, -0.2) is 4.39 Å². The third-order valence-corrected chi connectivity index (χ3v) is 3.79. The van der Waals surface area contributed by atoms with Crippen LogP contribution in [-0.4, -0.2) is 11.0 Å². The van der Waals surface area contributed by atoms with E-state index in [4.69, 9.17) is 18.0 Å². The van der Waals surface area contributed by atoms with Crippen LogP contribution in [0, 0.1) is 11.2 Å². The normalized spacial score (nSPS) is 21.8. The molecule has 0 aromatic heterocycles. The molecule has 3 N–H and O–H groups in total. The average Bonchev–Trinajstić information content (AvgIpc) is 2.57. The van der Waals surface area contributed by atoms with Crippen molar-refractivity contribution in [3.8, 4) is 0 Å². The van der Waals surface area contributed by atoms with Gasteiger partial charge in [0.05, 0.1) is 0 Å². The van der Waals surface area contributed by atoms with Crippen LogP contribution in [0.4, 0.5) is 10.1 Å². The van der Waals surface area contributed by atoms with E-state index < -0.39 is 0 Å². The van der Waals surface area contributed by atoms with Crippen molar-refractivity contribution in [1.29, 1.82) is 0 Å².